The molecule has 1 aliphatic heterocycles. The second-order valence-electron chi connectivity index (χ2n) is 22.9. The Morgan fingerprint density at radius 1 is 0.318 bits per heavy atom. The standard InChI is InChI=1S/C39H24N4.C35H29BN4O2/c1-2-9-26-22-27(16-15-25(26)8-1)28-18-20-37-32(23-28)31-24-29(33-12-7-13-35(41-33)34-10-5-6-21-40-34)17-19-30(31)39-42-36-11-3-4-14-38(36)43(37)39;1-34(2)35(3,4)42-36(41-34)23-16-18-31-26(21-23)25-20-22(27-12-9-13-29(38-27)28-10-7-8-19-37-28)15-17-24(25)33-39-30-11-5-6-14-32(30)40(31)33/h1-24H;5-21H,1-4H3. The van der Waals surface area contributed by atoms with E-state index in [1.54, 1.807) is 12.4 Å². The van der Waals surface area contributed by atoms with Crippen molar-refractivity contribution in [2.24, 2.45) is 0 Å². The van der Waals surface area contributed by atoms with Crippen LogP contribution in [-0.2, 0) is 9.31 Å². The quantitative estimate of drug-likeness (QED) is 0.120. The normalized spacial score (nSPS) is 14.0. The van der Waals surface area contributed by atoms with Gasteiger partial charge in [-0.25, -0.2) is 19.9 Å². The van der Waals surface area contributed by atoms with Crippen LogP contribution >= 0.6 is 0 Å². The van der Waals surface area contributed by atoms with Gasteiger partial charge in [0.05, 0.1) is 78.5 Å². The Hall–Kier alpha value is -10.5. The molecule has 9 heterocycles. The summed E-state index contributed by atoms with van der Waals surface area (Å²) in [5.41, 5.74) is 18.1. The minimum absolute atomic E-state index is 0.420. The Morgan fingerprint density at radius 2 is 0.765 bits per heavy atom. The number of imidazole rings is 2. The van der Waals surface area contributed by atoms with Gasteiger partial charge < -0.3 is 9.31 Å². The summed E-state index contributed by atoms with van der Waals surface area (Å²) < 4.78 is 17.5. The number of fused-ring (bicyclic) bond motifs is 17. The molecule has 0 unspecified atom stereocenters. The van der Waals surface area contributed by atoms with Gasteiger partial charge in [0, 0.05) is 45.1 Å². The summed E-state index contributed by atoms with van der Waals surface area (Å²) in [6, 6.07) is 82.4. The van der Waals surface area contributed by atoms with E-state index in [1.165, 1.54) is 27.3 Å². The third-order valence-electron chi connectivity index (χ3n) is 17.3. The van der Waals surface area contributed by atoms with Crippen LogP contribution < -0.4 is 5.46 Å². The molecule has 0 bridgehead atoms. The van der Waals surface area contributed by atoms with Crippen molar-refractivity contribution in [3.8, 4) is 56.4 Å². The number of benzene rings is 8. The molecule has 16 aromatic rings. The molecule has 8 aromatic heterocycles. The van der Waals surface area contributed by atoms with E-state index in [0.29, 0.717) is 0 Å². The fraction of sp³-hybridized carbons (Fsp3) is 0.0811. The average Bonchev–Trinajstić information content (AvgIpc) is 1.77. The highest BCUT2D eigenvalue weighted by Gasteiger charge is 2.51. The molecule has 0 atom stereocenters. The third kappa shape index (κ3) is 8.49. The Bertz CT molecular complexity index is 5340. The summed E-state index contributed by atoms with van der Waals surface area (Å²) in [5, 5.41) is 9.22. The van der Waals surface area contributed by atoms with Crippen molar-refractivity contribution in [1.82, 2.24) is 38.7 Å². The van der Waals surface area contributed by atoms with Gasteiger partial charge in [0.2, 0.25) is 0 Å². The molecule has 1 saturated heterocycles. The minimum atomic E-state index is -0.454. The van der Waals surface area contributed by atoms with Crippen LogP contribution in [-0.4, -0.2) is 57.0 Å². The number of pyridine rings is 6. The lowest BCUT2D eigenvalue weighted by Crippen LogP contribution is -2.41. The van der Waals surface area contributed by atoms with Gasteiger partial charge in [-0.2, -0.15) is 0 Å². The fourth-order valence-electron chi connectivity index (χ4n) is 12.2. The second-order valence-corrected chi connectivity index (χ2v) is 22.9. The van der Waals surface area contributed by atoms with Gasteiger partial charge in [0.1, 0.15) is 11.3 Å². The van der Waals surface area contributed by atoms with Crippen LogP contribution in [0.2, 0.25) is 0 Å². The molecule has 11 heteroatoms. The van der Waals surface area contributed by atoms with Crippen molar-refractivity contribution >= 4 is 100 Å². The first-order valence-electron chi connectivity index (χ1n) is 28.8. The summed E-state index contributed by atoms with van der Waals surface area (Å²) in [5.74, 6) is 0. The molecular formula is C74H53BN8O2. The van der Waals surface area contributed by atoms with Gasteiger partial charge in [0.15, 0.2) is 0 Å². The first-order chi connectivity index (χ1) is 41.6. The monoisotopic (exact) mass is 1100 g/mol. The van der Waals surface area contributed by atoms with Gasteiger partial charge in [-0.05, 0) is 187 Å². The number of hydrogen-bond donors (Lipinski definition) is 0. The largest absolute Gasteiger partial charge is 0.494 e. The Kier molecular flexibility index (Phi) is 11.6. The van der Waals surface area contributed by atoms with E-state index in [9.17, 15) is 0 Å². The molecule has 8 aromatic carbocycles. The lowest BCUT2D eigenvalue weighted by atomic mass is 9.78. The van der Waals surface area contributed by atoms with E-state index in [-0.39, 0.29) is 0 Å². The number of aromatic nitrogens is 8. The zero-order valence-electron chi connectivity index (χ0n) is 47.1. The van der Waals surface area contributed by atoms with Gasteiger partial charge in [0.25, 0.3) is 0 Å². The van der Waals surface area contributed by atoms with Gasteiger partial charge in [-0.1, -0.05) is 115 Å². The predicted octanol–water partition coefficient (Wildman–Crippen LogP) is 17.0. The molecule has 85 heavy (non-hydrogen) atoms. The van der Waals surface area contributed by atoms with E-state index in [1.807, 2.05) is 66.7 Å². The topological polar surface area (TPSA) is 105 Å². The van der Waals surface area contributed by atoms with Crippen LogP contribution in [0.15, 0.2) is 249 Å². The number of nitrogens with zero attached hydrogens (tertiary/aromatic N) is 8. The maximum atomic E-state index is 6.44. The van der Waals surface area contributed by atoms with E-state index in [2.05, 4.69) is 216 Å². The Balaban J connectivity index is 0.000000138. The number of hydrogen-bond acceptors (Lipinski definition) is 8. The van der Waals surface area contributed by atoms with Crippen molar-refractivity contribution in [2.75, 3.05) is 0 Å². The predicted molar refractivity (Wildman–Crippen MR) is 347 cm³/mol. The van der Waals surface area contributed by atoms with Gasteiger partial charge >= 0.3 is 7.12 Å². The Labute approximate surface area is 489 Å². The maximum absolute atomic E-state index is 6.44. The number of rotatable bonds is 6. The third-order valence-corrected chi connectivity index (χ3v) is 17.3. The van der Waals surface area contributed by atoms with Crippen molar-refractivity contribution in [3.05, 3.63) is 249 Å². The molecule has 10 nitrogen and oxygen atoms in total. The molecule has 0 aliphatic carbocycles. The van der Waals surface area contributed by atoms with Crippen LogP contribution in [0.1, 0.15) is 27.7 Å². The molecule has 1 fully saturated rings. The first kappa shape index (κ1) is 50.3. The number of para-hydroxylation sites is 4. The zero-order chi connectivity index (χ0) is 57.0. The smallest absolute Gasteiger partial charge is 0.399 e. The lowest BCUT2D eigenvalue weighted by molar-refractivity contribution is 0.00578. The van der Waals surface area contributed by atoms with Crippen molar-refractivity contribution in [1.29, 1.82) is 0 Å². The van der Waals surface area contributed by atoms with Gasteiger partial charge in [-0.3, -0.25) is 18.8 Å². The lowest BCUT2D eigenvalue weighted by Gasteiger charge is -2.32. The van der Waals surface area contributed by atoms with Crippen LogP contribution in [0, 0.1) is 0 Å². The molecule has 0 spiro atoms. The zero-order valence-corrected chi connectivity index (χ0v) is 47.1. The molecule has 404 valence electrons. The summed E-state index contributed by atoms with van der Waals surface area (Å²) in [7, 11) is -0.454. The highest BCUT2D eigenvalue weighted by atomic mass is 16.7. The Morgan fingerprint density at radius 3 is 1.33 bits per heavy atom. The molecule has 0 N–H and O–H groups in total. The summed E-state index contributed by atoms with van der Waals surface area (Å²) in [6.45, 7) is 8.35. The highest BCUT2D eigenvalue weighted by Crippen LogP contribution is 2.41. The van der Waals surface area contributed by atoms with Crippen molar-refractivity contribution < 1.29 is 9.31 Å². The SMILES string of the molecule is CC1(C)OB(c2ccc3c(c2)c2cc(-c4cccc(-c5ccccn5)n4)ccc2c2nc4ccccc4n32)OC1(C)C.c1ccc(-c2cccc(-c3ccc4c(c3)c3cc(-c5ccc6ccccc6c5)ccc3n3c5ccccc5nc43)n2)nc1. The van der Waals surface area contributed by atoms with Crippen molar-refractivity contribution in [2.45, 2.75) is 38.9 Å². The van der Waals surface area contributed by atoms with E-state index >= 15 is 0 Å². The van der Waals surface area contributed by atoms with Crippen LogP contribution in [0.25, 0.3) is 144 Å². The molecule has 0 saturated carbocycles. The highest BCUT2D eigenvalue weighted by molar-refractivity contribution is 6.62. The van der Waals surface area contributed by atoms with E-state index in [4.69, 9.17) is 29.2 Å². The summed E-state index contributed by atoms with van der Waals surface area (Å²) >= 11 is 0. The van der Waals surface area contributed by atoms with E-state index in [0.717, 1.165) is 122 Å². The van der Waals surface area contributed by atoms with E-state index < -0.39 is 18.3 Å². The molecule has 17 rings (SSSR count). The molecule has 1 aliphatic rings. The molecular weight excluding hydrogens is 1040 g/mol. The maximum Gasteiger partial charge on any atom is 0.494 e. The van der Waals surface area contributed by atoms with Gasteiger partial charge in [-0.15, -0.1) is 0 Å². The summed E-state index contributed by atoms with van der Waals surface area (Å²) in [4.78, 5) is 29.2. The van der Waals surface area contributed by atoms with Crippen LogP contribution in [0.3, 0.4) is 0 Å². The van der Waals surface area contributed by atoms with Crippen LogP contribution in [0.4, 0.5) is 0 Å². The molecule has 0 amide bonds. The van der Waals surface area contributed by atoms with Crippen LogP contribution in [0.5, 0.6) is 0 Å². The fourth-order valence-corrected chi connectivity index (χ4v) is 12.2. The minimum Gasteiger partial charge on any atom is -0.399 e. The second kappa shape index (κ2) is 19.6. The first-order valence-corrected chi connectivity index (χ1v) is 28.8. The average molecular weight is 1100 g/mol. The van der Waals surface area contributed by atoms with Crippen molar-refractivity contribution in [3.63, 3.8) is 0 Å². The molecule has 0 radical (unpaired) electrons. The summed E-state index contributed by atoms with van der Waals surface area (Å²) in [6.07, 6.45) is 3.60.